The minimum atomic E-state index is 0.129. The highest BCUT2D eigenvalue weighted by atomic mass is 35.7. The van der Waals surface area contributed by atoms with Gasteiger partial charge in [-0.1, -0.05) is 39.8 Å². The van der Waals surface area contributed by atoms with E-state index in [1.165, 1.54) is 30.6 Å². The molecule has 0 amide bonds. The number of thioether (sulfide) groups is 1. The van der Waals surface area contributed by atoms with Crippen molar-refractivity contribution in [2.45, 2.75) is 68.4 Å². The first kappa shape index (κ1) is 20.8. The fraction of sp³-hybridized carbons (Fsp3) is 0.435. The molecule has 144 valence electrons. The van der Waals surface area contributed by atoms with E-state index in [2.05, 4.69) is 32.0 Å². The third-order valence-electron chi connectivity index (χ3n) is 5.44. The van der Waals surface area contributed by atoms with Crippen LogP contribution >= 0.6 is 33.4 Å². The van der Waals surface area contributed by atoms with E-state index in [1.807, 2.05) is 43.8 Å². The lowest BCUT2D eigenvalue weighted by Crippen LogP contribution is -2.22. The van der Waals surface area contributed by atoms with E-state index in [9.17, 15) is 4.79 Å². The molecule has 0 heterocycles. The number of carbonyl (C=O) groups is 1. The third kappa shape index (κ3) is 4.41. The fourth-order valence-corrected chi connectivity index (χ4v) is 5.60. The molecule has 4 rings (SSSR count). The second-order valence-corrected chi connectivity index (χ2v) is 10.3. The topological polar surface area (TPSA) is 17.1 Å². The zero-order valence-corrected chi connectivity index (χ0v) is 18.9. The van der Waals surface area contributed by atoms with Gasteiger partial charge in [-0.25, -0.2) is 0 Å². The molecule has 1 fully saturated rings. The average Bonchev–Trinajstić information content (AvgIpc) is 2.96. The van der Waals surface area contributed by atoms with Crippen molar-refractivity contribution in [3.05, 3.63) is 47.5 Å². The molecule has 0 unspecified atom stereocenters. The number of rotatable bonds is 3. The molecular formula is C23H27ClOS2. The van der Waals surface area contributed by atoms with Gasteiger partial charge < -0.3 is 0 Å². The summed E-state index contributed by atoms with van der Waals surface area (Å²) in [6.07, 6.45) is 5.11. The van der Waals surface area contributed by atoms with Crippen molar-refractivity contribution in [3.63, 3.8) is 0 Å². The molecule has 0 aliphatic heterocycles. The van der Waals surface area contributed by atoms with Gasteiger partial charge in [0.25, 0.3) is 0 Å². The molecular weight excluding hydrogens is 392 g/mol. The molecule has 0 atom stereocenters. The van der Waals surface area contributed by atoms with Crippen molar-refractivity contribution in [1.29, 1.82) is 0 Å². The van der Waals surface area contributed by atoms with Gasteiger partial charge in [-0.05, 0) is 88.1 Å². The lowest BCUT2D eigenvalue weighted by molar-refractivity contribution is 0.104. The number of carbonyl (C=O) groups excluding carboxylic acids is 1. The average molecular weight is 419 g/mol. The van der Waals surface area contributed by atoms with Gasteiger partial charge in [-0.15, -0.1) is 11.8 Å². The Hall–Kier alpha value is -0.900. The minimum absolute atomic E-state index is 0.129. The van der Waals surface area contributed by atoms with E-state index in [-0.39, 0.29) is 5.78 Å². The number of fused-ring (bicyclic) bond motifs is 3. The predicted molar refractivity (Wildman–Crippen MR) is 120 cm³/mol. The molecule has 27 heavy (non-hydrogen) atoms. The van der Waals surface area contributed by atoms with E-state index in [1.54, 1.807) is 0 Å². The molecule has 0 radical (unpaired) electrons. The van der Waals surface area contributed by atoms with Crippen molar-refractivity contribution in [2.24, 2.45) is 5.41 Å². The first-order valence-corrected chi connectivity index (χ1v) is 12.3. The van der Waals surface area contributed by atoms with Crippen LogP contribution < -0.4 is 0 Å². The monoisotopic (exact) mass is 418 g/mol. The van der Waals surface area contributed by atoms with Crippen molar-refractivity contribution in [1.82, 2.24) is 0 Å². The third-order valence-corrected chi connectivity index (χ3v) is 7.74. The van der Waals surface area contributed by atoms with Gasteiger partial charge in [-0.3, -0.25) is 4.79 Å². The van der Waals surface area contributed by atoms with E-state index in [4.69, 9.17) is 10.7 Å². The Morgan fingerprint density at radius 3 is 1.96 bits per heavy atom. The Bertz CT molecular complexity index is 834. The maximum absolute atomic E-state index is 12.8. The zero-order valence-electron chi connectivity index (χ0n) is 16.5. The number of hydrogen-bond donors (Lipinski definition) is 0. The quantitative estimate of drug-likeness (QED) is 0.426. The molecule has 2 aromatic carbocycles. The summed E-state index contributed by atoms with van der Waals surface area (Å²) < 4.78 is 0. The van der Waals surface area contributed by atoms with Crippen LogP contribution in [0, 0.1) is 5.41 Å². The second-order valence-electron chi connectivity index (χ2n) is 7.80. The molecule has 1 nitrogen and oxygen atoms in total. The number of halogens is 1. The summed E-state index contributed by atoms with van der Waals surface area (Å²) in [5, 5.41) is 0.671. The number of benzene rings is 2. The van der Waals surface area contributed by atoms with Crippen LogP contribution in [-0.2, 0) is 0 Å². The first-order valence-electron chi connectivity index (χ1n) is 9.75. The normalized spacial score (nSPS) is 17.7. The van der Waals surface area contributed by atoms with Gasteiger partial charge in [0.2, 0.25) is 0 Å². The van der Waals surface area contributed by atoms with Crippen LogP contribution in [0.2, 0.25) is 0 Å². The Morgan fingerprint density at radius 1 is 0.889 bits per heavy atom. The highest BCUT2D eigenvalue weighted by Crippen LogP contribution is 2.44. The van der Waals surface area contributed by atoms with Crippen LogP contribution in [0.1, 0.15) is 69.3 Å². The standard InChI is InChI=1S/C21H21ClOS2.C2H6/c1-21(2)9-7-13(8-10-21)24-14-3-5-16-17-6-4-15(25-22)12-19(17)20(23)18(16)11-14;1-2/h3-6,11-13H,7-10H2,1-2H3;1-2H3. The van der Waals surface area contributed by atoms with Gasteiger partial charge in [0.1, 0.15) is 0 Å². The van der Waals surface area contributed by atoms with Gasteiger partial charge in [0, 0.05) is 26.2 Å². The van der Waals surface area contributed by atoms with E-state index in [0.717, 1.165) is 38.1 Å². The molecule has 0 bridgehead atoms. The Kier molecular flexibility index (Phi) is 6.66. The molecule has 2 aromatic rings. The number of ketones is 1. The summed E-state index contributed by atoms with van der Waals surface area (Å²) in [5.41, 5.74) is 4.20. The highest BCUT2D eigenvalue weighted by molar-refractivity contribution is 8.21. The summed E-state index contributed by atoms with van der Waals surface area (Å²) in [4.78, 5) is 15.0. The minimum Gasteiger partial charge on any atom is -0.289 e. The van der Waals surface area contributed by atoms with Crippen LogP contribution in [0.3, 0.4) is 0 Å². The Balaban J connectivity index is 0.00000102. The molecule has 4 heteroatoms. The Morgan fingerprint density at radius 2 is 1.41 bits per heavy atom. The molecule has 0 spiro atoms. The summed E-state index contributed by atoms with van der Waals surface area (Å²) in [5.74, 6) is 0.129. The van der Waals surface area contributed by atoms with Crippen molar-refractivity contribution >= 4 is 39.2 Å². The summed E-state index contributed by atoms with van der Waals surface area (Å²) in [7, 11) is 7.00. The zero-order chi connectivity index (χ0) is 19.6. The maximum Gasteiger partial charge on any atom is 0.194 e. The molecule has 2 aliphatic carbocycles. The highest BCUT2D eigenvalue weighted by Gasteiger charge is 2.29. The molecule has 0 N–H and O–H groups in total. The summed E-state index contributed by atoms with van der Waals surface area (Å²) in [6, 6.07) is 12.3. The van der Waals surface area contributed by atoms with Crippen LogP contribution in [0.25, 0.3) is 11.1 Å². The SMILES string of the molecule is CC.CC1(C)CCC(Sc2ccc3c(c2)C(=O)c2cc(SCl)ccc2-3)CC1. The van der Waals surface area contributed by atoms with Crippen LogP contribution in [0.15, 0.2) is 46.2 Å². The maximum atomic E-state index is 12.8. The lowest BCUT2D eigenvalue weighted by Gasteiger charge is -2.34. The largest absolute Gasteiger partial charge is 0.289 e. The van der Waals surface area contributed by atoms with Crippen LogP contribution in [-0.4, -0.2) is 11.0 Å². The van der Waals surface area contributed by atoms with Crippen LogP contribution in [0.4, 0.5) is 0 Å². The molecule has 2 aliphatic rings. The van der Waals surface area contributed by atoms with Crippen LogP contribution in [0.5, 0.6) is 0 Å². The van der Waals surface area contributed by atoms with Gasteiger partial charge in [-0.2, -0.15) is 0 Å². The summed E-state index contributed by atoms with van der Waals surface area (Å²) in [6.45, 7) is 8.74. The van der Waals surface area contributed by atoms with E-state index >= 15 is 0 Å². The lowest BCUT2D eigenvalue weighted by atomic mass is 9.77. The van der Waals surface area contributed by atoms with Gasteiger partial charge >= 0.3 is 0 Å². The summed E-state index contributed by atoms with van der Waals surface area (Å²) >= 11 is 1.94. The fourth-order valence-electron chi connectivity index (χ4n) is 3.84. The second kappa shape index (κ2) is 8.63. The van der Waals surface area contributed by atoms with Crippen molar-refractivity contribution in [3.8, 4) is 11.1 Å². The van der Waals surface area contributed by atoms with Crippen molar-refractivity contribution in [2.75, 3.05) is 0 Å². The van der Waals surface area contributed by atoms with Gasteiger partial charge in [0.15, 0.2) is 5.78 Å². The molecule has 0 saturated heterocycles. The van der Waals surface area contributed by atoms with E-state index < -0.39 is 0 Å². The van der Waals surface area contributed by atoms with Crippen molar-refractivity contribution < 1.29 is 4.79 Å². The molecule has 0 aromatic heterocycles. The van der Waals surface area contributed by atoms with E-state index in [0.29, 0.717) is 10.7 Å². The first-order chi connectivity index (χ1) is 13.0. The predicted octanol–water partition coefficient (Wildman–Crippen LogP) is 8.23. The van der Waals surface area contributed by atoms with Gasteiger partial charge in [0.05, 0.1) is 0 Å². The number of hydrogen-bond acceptors (Lipinski definition) is 3. The Labute approximate surface area is 176 Å². The molecule has 1 saturated carbocycles. The smallest absolute Gasteiger partial charge is 0.194 e.